The number of nitrogens with zero attached hydrogens (tertiary/aromatic N) is 2. The summed E-state index contributed by atoms with van der Waals surface area (Å²) in [6, 6.07) is 4.74. The fourth-order valence-corrected chi connectivity index (χ4v) is 1.75. The largest absolute Gasteiger partial charge is 0.383 e. The average Bonchev–Trinajstić information content (AvgIpc) is 2.88. The number of hydrogen-bond acceptors (Lipinski definition) is 3. The van der Waals surface area contributed by atoms with Crippen molar-refractivity contribution >= 4 is 0 Å². The highest BCUT2D eigenvalue weighted by Crippen LogP contribution is 2.15. The smallest absolute Gasteiger partial charge is 0.123 e. The minimum Gasteiger partial charge on any atom is -0.383 e. The summed E-state index contributed by atoms with van der Waals surface area (Å²) in [4.78, 5) is 4.00. The molecule has 1 aromatic carbocycles. The van der Waals surface area contributed by atoms with Crippen LogP contribution in [0, 0.1) is 5.82 Å². The molecule has 1 N–H and O–H groups in total. The monoisotopic (exact) mass is 249 g/mol. The lowest BCUT2D eigenvalue weighted by Gasteiger charge is -2.11. The molecule has 18 heavy (non-hydrogen) atoms. The fourth-order valence-electron chi connectivity index (χ4n) is 1.75. The highest BCUT2D eigenvalue weighted by Gasteiger charge is 2.05. The first kappa shape index (κ1) is 12.7. The Morgan fingerprint density at radius 3 is 3.06 bits per heavy atom. The third-order valence-electron chi connectivity index (χ3n) is 2.62. The van der Waals surface area contributed by atoms with Gasteiger partial charge in [0.25, 0.3) is 0 Å². The Hall–Kier alpha value is -1.72. The van der Waals surface area contributed by atoms with Gasteiger partial charge in [0.05, 0.1) is 18.6 Å². The second kappa shape index (κ2) is 6.28. The molecule has 0 unspecified atom stereocenters. The lowest BCUT2D eigenvalue weighted by atomic mass is 10.1. The third-order valence-corrected chi connectivity index (χ3v) is 2.62. The molecule has 2 rings (SSSR count). The van der Waals surface area contributed by atoms with Crippen LogP contribution in [0.1, 0.15) is 5.56 Å². The van der Waals surface area contributed by atoms with Crippen LogP contribution in [0.25, 0.3) is 5.69 Å². The lowest BCUT2D eigenvalue weighted by molar-refractivity contribution is 0.199. The van der Waals surface area contributed by atoms with E-state index < -0.39 is 0 Å². The number of halogens is 1. The maximum absolute atomic E-state index is 13.3. The first-order valence-electron chi connectivity index (χ1n) is 5.77. The quantitative estimate of drug-likeness (QED) is 0.793. The lowest BCUT2D eigenvalue weighted by Crippen LogP contribution is -2.19. The summed E-state index contributed by atoms with van der Waals surface area (Å²) in [5, 5.41) is 3.21. The van der Waals surface area contributed by atoms with Gasteiger partial charge in [-0.3, -0.25) is 0 Å². The summed E-state index contributed by atoms with van der Waals surface area (Å²) in [5.41, 5.74) is 1.82. The number of rotatable bonds is 6. The Balaban J connectivity index is 2.14. The van der Waals surface area contributed by atoms with Crippen LogP contribution in [-0.4, -0.2) is 29.8 Å². The van der Waals surface area contributed by atoms with Gasteiger partial charge in [0, 0.05) is 32.6 Å². The van der Waals surface area contributed by atoms with Crippen LogP contribution in [0.2, 0.25) is 0 Å². The van der Waals surface area contributed by atoms with Crippen molar-refractivity contribution < 1.29 is 9.13 Å². The SMILES string of the molecule is COCCNCc1cc(F)ccc1-n1ccnc1. The van der Waals surface area contributed by atoms with E-state index in [2.05, 4.69) is 10.3 Å². The number of ether oxygens (including phenoxy) is 1. The summed E-state index contributed by atoms with van der Waals surface area (Å²) < 4.78 is 20.1. The number of methoxy groups -OCH3 is 1. The van der Waals surface area contributed by atoms with Gasteiger partial charge in [-0.2, -0.15) is 0 Å². The predicted molar refractivity (Wildman–Crippen MR) is 67.1 cm³/mol. The Labute approximate surface area is 105 Å². The molecule has 0 aliphatic rings. The van der Waals surface area contributed by atoms with Crippen molar-refractivity contribution in [2.45, 2.75) is 6.54 Å². The Bertz CT molecular complexity index is 485. The summed E-state index contributed by atoms with van der Waals surface area (Å²) in [7, 11) is 1.65. The standard InChI is InChI=1S/C13H16FN3O/c1-18-7-5-15-9-11-8-12(14)2-3-13(11)17-6-4-16-10-17/h2-4,6,8,10,15H,5,7,9H2,1H3. The van der Waals surface area contributed by atoms with Crippen LogP contribution < -0.4 is 5.32 Å². The molecule has 0 atom stereocenters. The molecule has 0 amide bonds. The summed E-state index contributed by atoms with van der Waals surface area (Å²) in [5.74, 6) is -0.234. The molecule has 0 fully saturated rings. The van der Waals surface area contributed by atoms with Crippen LogP contribution >= 0.6 is 0 Å². The van der Waals surface area contributed by atoms with E-state index in [9.17, 15) is 4.39 Å². The molecule has 0 saturated heterocycles. The van der Waals surface area contributed by atoms with E-state index in [1.54, 1.807) is 25.7 Å². The minimum atomic E-state index is -0.234. The van der Waals surface area contributed by atoms with Crippen molar-refractivity contribution in [3.05, 3.63) is 48.3 Å². The number of imidazole rings is 1. The zero-order chi connectivity index (χ0) is 12.8. The van der Waals surface area contributed by atoms with Gasteiger partial charge in [-0.1, -0.05) is 0 Å². The molecule has 4 nitrogen and oxygen atoms in total. The van der Waals surface area contributed by atoms with Gasteiger partial charge >= 0.3 is 0 Å². The second-order valence-corrected chi connectivity index (χ2v) is 3.91. The molecule has 0 saturated carbocycles. The molecule has 1 aromatic heterocycles. The van der Waals surface area contributed by atoms with E-state index >= 15 is 0 Å². The van der Waals surface area contributed by atoms with E-state index in [4.69, 9.17) is 4.74 Å². The summed E-state index contributed by atoms with van der Waals surface area (Å²) in [6.07, 6.45) is 5.24. The van der Waals surface area contributed by atoms with Crippen LogP contribution in [0.15, 0.2) is 36.9 Å². The molecular weight excluding hydrogens is 233 g/mol. The molecule has 0 spiro atoms. The highest BCUT2D eigenvalue weighted by molar-refractivity contribution is 5.41. The van der Waals surface area contributed by atoms with Crippen molar-refractivity contribution in [2.24, 2.45) is 0 Å². The zero-order valence-corrected chi connectivity index (χ0v) is 10.3. The van der Waals surface area contributed by atoms with Gasteiger partial charge < -0.3 is 14.6 Å². The number of nitrogens with one attached hydrogen (secondary N) is 1. The van der Waals surface area contributed by atoms with E-state index in [1.165, 1.54) is 12.1 Å². The molecule has 5 heteroatoms. The number of aromatic nitrogens is 2. The van der Waals surface area contributed by atoms with Gasteiger partial charge in [0.2, 0.25) is 0 Å². The fraction of sp³-hybridized carbons (Fsp3) is 0.308. The highest BCUT2D eigenvalue weighted by atomic mass is 19.1. The molecule has 0 aliphatic carbocycles. The van der Waals surface area contributed by atoms with Gasteiger partial charge in [-0.05, 0) is 23.8 Å². The van der Waals surface area contributed by atoms with E-state index in [0.717, 1.165) is 17.8 Å². The van der Waals surface area contributed by atoms with Crippen molar-refractivity contribution in [1.29, 1.82) is 0 Å². The molecule has 0 aliphatic heterocycles. The molecule has 0 bridgehead atoms. The predicted octanol–water partition coefficient (Wildman–Crippen LogP) is 1.75. The molecule has 0 radical (unpaired) electrons. The Kier molecular flexibility index (Phi) is 4.44. The zero-order valence-electron chi connectivity index (χ0n) is 10.3. The van der Waals surface area contributed by atoms with E-state index in [0.29, 0.717) is 13.2 Å². The maximum atomic E-state index is 13.3. The molecule has 2 aromatic rings. The first-order valence-corrected chi connectivity index (χ1v) is 5.77. The molecular formula is C13H16FN3O. The van der Waals surface area contributed by atoms with Crippen LogP contribution in [0.5, 0.6) is 0 Å². The normalized spacial score (nSPS) is 10.8. The maximum Gasteiger partial charge on any atom is 0.123 e. The van der Waals surface area contributed by atoms with Gasteiger partial charge in [0.15, 0.2) is 0 Å². The van der Waals surface area contributed by atoms with E-state index in [1.807, 2.05) is 10.8 Å². The van der Waals surface area contributed by atoms with Crippen LogP contribution in [0.3, 0.4) is 0 Å². The van der Waals surface area contributed by atoms with Gasteiger partial charge in [0.1, 0.15) is 5.82 Å². The Morgan fingerprint density at radius 2 is 2.33 bits per heavy atom. The second-order valence-electron chi connectivity index (χ2n) is 3.91. The summed E-state index contributed by atoms with van der Waals surface area (Å²) in [6.45, 7) is 1.96. The van der Waals surface area contributed by atoms with Crippen molar-refractivity contribution in [3.63, 3.8) is 0 Å². The Morgan fingerprint density at radius 1 is 1.44 bits per heavy atom. The summed E-state index contributed by atoms with van der Waals surface area (Å²) >= 11 is 0. The average molecular weight is 249 g/mol. The van der Waals surface area contributed by atoms with Crippen molar-refractivity contribution in [3.8, 4) is 5.69 Å². The molecule has 96 valence electrons. The van der Waals surface area contributed by atoms with Gasteiger partial charge in [-0.25, -0.2) is 9.37 Å². The van der Waals surface area contributed by atoms with Crippen molar-refractivity contribution in [2.75, 3.05) is 20.3 Å². The van der Waals surface area contributed by atoms with E-state index in [-0.39, 0.29) is 5.82 Å². The minimum absolute atomic E-state index is 0.234. The first-order chi connectivity index (χ1) is 8.81. The van der Waals surface area contributed by atoms with Crippen LogP contribution in [-0.2, 0) is 11.3 Å². The number of hydrogen-bond donors (Lipinski definition) is 1. The van der Waals surface area contributed by atoms with Gasteiger partial charge in [-0.15, -0.1) is 0 Å². The van der Waals surface area contributed by atoms with Crippen LogP contribution in [0.4, 0.5) is 4.39 Å². The third kappa shape index (κ3) is 3.15. The molecule has 1 heterocycles. The number of benzene rings is 1. The topological polar surface area (TPSA) is 39.1 Å². The van der Waals surface area contributed by atoms with Crippen molar-refractivity contribution in [1.82, 2.24) is 14.9 Å².